The maximum Gasteiger partial charge on any atom is 0.272 e. The van der Waals surface area contributed by atoms with Crippen LogP contribution in [0.4, 0.5) is 17.1 Å². The smallest absolute Gasteiger partial charge is 0.272 e. The third kappa shape index (κ3) is 8.39. The summed E-state index contributed by atoms with van der Waals surface area (Å²) in [6, 6.07) is 26.9. The molecule has 0 saturated carbocycles. The number of benzene rings is 4. The molecule has 212 valence electrons. The van der Waals surface area contributed by atoms with Crippen molar-refractivity contribution in [1.29, 1.82) is 0 Å². The third-order valence-corrected chi connectivity index (χ3v) is 7.11. The third-order valence-electron chi connectivity index (χ3n) is 6.09. The number of rotatable bonds is 10. The number of anilines is 2. The lowest BCUT2D eigenvalue weighted by Gasteiger charge is -2.12. The second-order valence-corrected chi connectivity index (χ2v) is 10.4. The summed E-state index contributed by atoms with van der Waals surface area (Å²) in [5.41, 5.74) is 4.04. The lowest BCUT2D eigenvalue weighted by molar-refractivity contribution is -0.384. The fourth-order valence-electron chi connectivity index (χ4n) is 3.84. The summed E-state index contributed by atoms with van der Waals surface area (Å²) in [4.78, 5) is 49.8. The minimum atomic E-state index is -0.578. The fourth-order valence-corrected chi connectivity index (χ4v) is 4.54. The SMILES string of the molecule is Cc1ccc(C)c(NC(=O)CSc2ccc(NC(=O)/C(=C/c3ccc([N+](=O)[O-])cc3)NC(=O)c3ccccc3)cc2)c1. The highest BCUT2D eigenvalue weighted by Gasteiger charge is 2.16. The molecular formula is C32H28N4O5S. The molecule has 4 aromatic carbocycles. The predicted octanol–water partition coefficient (Wildman–Crippen LogP) is 6.35. The average Bonchev–Trinajstić information content (AvgIpc) is 2.99. The zero-order valence-electron chi connectivity index (χ0n) is 22.9. The van der Waals surface area contributed by atoms with Crippen molar-refractivity contribution in [2.75, 3.05) is 16.4 Å². The van der Waals surface area contributed by atoms with Crippen molar-refractivity contribution < 1.29 is 19.3 Å². The summed E-state index contributed by atoms with van der Waals surface area (Å²) in [6.45, 7) is 3.91. The van der Waals surface area contributed by atoms with Gasteiger partial charge in [0.25, 0.3) is 17.5 Å². The number of amides is 3. The molecule has 0 bridgehead atoms. The van der Waals surface area contributed by atoms with Crippen molar-refractivity contribution in [1.82, 2.24) is 5.32 Å². The number of nitrogens with one attached hydrogen (secondary N) is 3. The van der Waals surface area contributed by atoms with Crippen molar-refractivity contribution in [3.63, 3.8) is 0 Å². The second-order valence-electron chi connectivity index (χ2n) is 9.36. The molecule has 3 amide bonds. The van der Waals surface area contributed by atoms with Gasteiger partial charge >= 0.3 is 0 Å². The van der Waals surface area contributed by atoms with Crippen LogP contribution in [0.5, 0.6) is 0 Å². The van der Waals surface area contributed by atoms with Crippen LogP contribution in [0.15, 0.2) is 108 Å². The fraction of sp³-hybridized carbons (Fsp3) is 0.0938. The molecule has 0 aliphatic heterocycles. The zero-order chi connectivity index (χ0) is 30.1. The Morgan fingerprint density at radius 3 is 2.21 bits per heavy atom. The van der Waals surface area contributed by atoms with Gasteiger partial charge < -0.3 is 16.0 Å². The summed E-state index contributed by atoms with van der Waals surface area (Å²) in [6.07, 6.45) is 1.44. The Bertz CT molecular complexity index is 1640. The number of nitro groups is 1. The second kappa shape index (κ2) is 13.9. The summed E-state index contributed by atoms with van der Waals surface area (Å²) in [7, 11) is 0. The molecule has 10 heteroatoms. The quantitative estimate of drug-likeness (QED) is 0.0867. The van der Waals surface area contributed by atoms with Gasteiger partial charge in [-0.3, -0.25) is 24.5 Å². The van der Waals surface area contributed by atoms with Crippen molar-refractivity contribution in [2.24, 2.45) is 0 Å². The lowest BCUT2D eigenvalue weighted by Crippen LogP contribution is -2.30. The average molecular weight is 581 g/mol. The first-order valence-corrected chi connectivity index (χ1v) is 13.9. The van der Waals surface area contributed by atoms with Gasteiger partial charge in [-0.15, -0.1) is 11.8 Å². The van der Waals surface area contributed by atoms with Crippen LogP contribution in [0.25, 0.3) is 6.08 Å². The molecular weight excluding hydrogens is 552 g/mol. The number of carbonyl (C=O) groups is 3. The zero-order valence-corrected chi connectivity index (χ0v) is 23.7. The lowest BCUT2D eigenvalue weighted by atomic mass is 10.1. The van der Waals surface area contributed by atoms with E-state index in [4.69, 9.17) is 0 Å². The van der Waals surface area contributed by atoms with Crippen LogP contribution in [-0.4, -0.2) is 28.4 Å². The van der Waals surface area contributed by atoms with Gasteiger partial charge in [0.15, 0.2) is 0 Å². The molecule has 0 aliphatic rings. The van der Waals surface area contributed by atoms with E-state index in [2.05, 4.69) is 16.0 Å². The number of aryl methyl sites for hydroxylation is 2. The van der Waals surface area contributed by atoms with Crippen molar-refractivity contribution in [3.8, 4) is 0 Å². The van der Waals surface area contributed by atoms with E-state index in [1.807, 2.05) is 32.0 Å². The monoisotopic (exact) mass is 580 g/mol. The molecule has 0 radical (unpaired) electrons. The standard InChI is InChI=1S/C32H28N4O5S/c1-21-8-9-22(2)28(18-21)34-30(37)20-42-27-16-12-25(13-17-27)33-32(39)29(35-31(38)24-6-4-3-5-7-24)19-23-10-14-26(15-11-23)36(40)41/h3-19H,20H2,1-2H3,(H,33,39)(H,34,37)(H,35,38)/b29-19-. The topological polar surface area (TPSA) is 130 Å². The molecule has 0 atom stereocenters. The summed E-state index contributed by atoms with van der Waals surface area (Å²) in [5.74, 6) is -0.968. The minimum Gasteiger partial charge on any atom is -0.325 e. The van der Waals surface area contributed by atoms with E-state index in [1.54, 1.807) is 54.6 Å². The first-order chi connectivity index (χ1) is 20.2. The Morgan fingerprint density at radius 1 is 0.857 bits per heavy atom. The van der Waals surface area contributed by atoms with E-state index in [9.17, 15) is 24.5 Å². The molecule has 0 spiro atoms. The Labute approximate surface area is 247 Å². The van der Waals surface area contributed by atoms with Crippen molar-refractivity contribution >= 4 is 52.6 Å². The summed E-state index contributed by atoms with van der Waals surface area (Å²) >= 11 is 1.36. The molecule has 9 nitrogen and oxygen atoms in total. The highest BCUT2D eigenvalue weighted by Crippen LogP contribution is 2.22. The van der Waals surface area contributed by atoms with Gasteiger partial charge in [0, 0.05) is 34.0 Å². The molecule has 0 aliphatic carbocycles. The molecule has 3 N–H and O–H groups in total. The van der Waals surface area contributed by atoms with E-state index in [0.717, 1.165) is 21.7 Å². The van der Waals surface area contributed by atoms with Crippen LogP contribution in [0.1, 0.15) is 27.0 Å². The minimum absolute atomic E-state index is 0.0423. The highest BCUT2D eigenvalue weighted by atomic mass is 32.2. The van der Waals surface area contributed by atoms with Gasteiger partial charge in [0.2, 0.25) is 5.91 Å². The number of carbonyl (C=O) groups excluding carboxylic acids is 3. The van der Waals surface area contributed by atoms with E-state index in [0.29, 0.717) is 16.8 Å². The van der Waals surface area contributed by atoms with Gasteiger partial charge in [-0.1, -0.05) is 30.3 Å². The van der Waals surface area contributed by atoms with Gasteiger partial charge in [0.1, 0.15) is 5.70 Å². The molecule has 0 heterocycles. The number of nitro benzene ring substituents is 1. The highest BCUT2D eigenvalue weighted by molar-refractivity contribution is 8.00. The Kier molecular flexibility index (Phi) is 9.85. The number of hydrogen-bond acceptors (Lipinski definition) is 6. The maximum atomic E-state index is 13.2. The van der Waals surface area contributed by atoms with E-state index in [1.165, 1.54) is 42.1 Å². The maximum absolute atomic E-state index is 13.2. The Balaban J connectivity index is 1.42. The van der Waals surface area contributed by atoms with E-state index < -0.39 is 16.7 Å². The number of non-ortho nitro benzene ring substituents is 1. The van der Waals surface area contributed by atoms with Crippen LogP contribution in [0, 0.1) is 24.0 Å². The van der Waals surface area contributed by atoms with E-state index in [-0.39, 0.29) is 23.0 Å². The molecule has 0 fully saturated rings. The van der Waals surface area contributed by atoms with Crippen LogP contribution in [0.2, 0.25) is 0 Å². The normalized spacial score (nSPS) is 11.0. The Hall–Kier alpha value is -5.22. The number of hydrogen-bond donors (Lipinski definition) is 3. The molecule has 4 rings (SSSR count). The van der Waals surface area contributed by atoms with E-state index >= 15 is 0 Å². The van der Waals surface area contributed by atoms with Crippen LogP contribution in [-0.2, 0) is 9.59 Å². The van der Waals surface area contributed by atoms with Crippen LogP contribution in [0.3, 0.4) is 0 Å². The first kappa shape index (κ1) is 29.8. The largest absolute Gasteiger partial charge is 0.325 e. The Morgan fingerprint density at radius 2 is 1.55 bits per heavy atom. The van der Waals surface area contributed by atoms with Crippen LogP contribution >= 0.6 is 11.8 Å². The number of thioether (sulfide) groups is 1. The van der Waals surface area contributed by atoms with Crippen molar-refractivity contribution in [2.45, 2.75) is 18.7 Å². The van der Waals surface area contributed by atoms with Gasteiger partial charge in [-0.2, -0.15) is 0 Å². The van der Waals surface area contributed by atoms with Crippen molar-refractivity contribution in [3.05, 3.63) is 135 Å². The van der Waals surface area contributed by atoms with Gasteiger partial charge in [-0.25, -0.2) is 0 Å². The molecule has 42 heavy (non-hydrogen) atoms. The van der Waals surface area contributed by atoms with Crippen LogP contribution < -0.4 is 16.0 Å². The molecule has 0 unspecified atom stereocenters. The summed E-state index contributed by atoms with van der Waals surface area (Å²) in [5, 5.41) is 19.3. The molecule has 0 aromatic heterocycles. The van der Waals surface area contributed by atoms with Gasteiger partial charge in [0.05, 0.1) is 10.7 Å². The molecule has 0 saturated heterocycles. The number of nitrogens with zero attached hydrogens (tertiary/aromatic N) is 1. The van der Waals surface area contributed by atoms with Gasteiger partial charge in [-0.05, 0) is 91.2 Å². The first-order valence-electron chi connectivity index (χ1n) is 12.9. The summed E-state index contributed by atoms with van der Waals surface area (Å²) < 4.78 is 0. The predicted molar refractivity (Wildman–Crippen MR) is 165 cm³/mol. The molecule has 4 aromatic rings.